The molecule has 1 amide bonds. The number of nitrogens with two attached hydrogens (primary N) is 1. The number of carbonyl (C=O) groups is 1. The molecule has 1 atom stereocenters. The molecule has 2 rings (SSSR count). The fourth-order valence-electron chi connectivity index (χ4n) is 2.27. The molecule has 0 spiro atoms. The van der Waals surface area contributed by atoms with Crippen LogP contribution in [0, 0.1) is 0 Å². The summed E-state index contributed by atoms with van der Waals surface area (Å²) in [6.07, 6.45) is 4.93. The maximum atomic E-state index is 10.6. The average molecular weight is 317 g/mol. The first kappa shape index (κ1) is 13.1. The number of amides is 1. The highest BCUT2D eigenvalue weighted by atomic mass is 79.9. The number of aryl methyl sites for hydroxylation is 1. The fourth-order valence-corrected chi connectivity index (χ4v) is 4.09. The third-order valence-electron chi connectivity index (χ3n) is 3.07. The number of carbonyl (C=O) groups excluding carboxylic acids is 1. The molecular formula is C12H17BrN2OS. The molecule has 0 radical (unpaired) electrons. The van der Waals surface area contributed by atoms with Crippen molar-refractivity contribution in [2.24, 2.45) is 5.73 Å². The van der Waals surface area contributed by atoms with Crippen LogP contribution in [0.1, 0.15) is 42.2 Å². The number of thiophene rings is 1. The number of primary amides is 1. The zero-order valence-corrected chi connectivity index (χ0v) is 12.1. The molecule has 5 heteroatoms. The quantitative estimate of drug-likeness (QED) is 0.821. The lowest BCUT2D eigenvalue weighted by atomic mass is 9.94. The molecule has 0 fully saturated rings. The Morgan fingerprint density at radius 2 is 2.47 bits per heavy atom. The Balaban J connectivity index is 1.88. The van der Waals surface area contributed by atoms with Gasteiger partial charge in [0.05, 0.1) is 3.79 Å². The van der Waals surface area contributed by atoms with Crippen LogP contribution in [0.15, 0.2) is 9.85 Å². The molecule has 1 aliphatic rings. The summed E-state index contributed by atoms with van der Waals surface area (Å²) in [7, 11) is 0. The molecule has 1 unspecified atom stereocenters. The highest BCUT2D eigenvalue weighted by Gasteiger charge is 2.21. The Labute approximate surface area is 114 Å². The van der Waals surface area contributed by atoms with Gasteiger partial charge in [-0.25, -0.2) is 0 Å². The second kappa shape index (κ2) is 5.98. The van der Waals surface area contributed by atoms with E-state index >= 15 is 0 Å². The summed E-state index contributed by atoms with van der Waals surface area (Å²) in [6, 6.07) is 2.68. The topological polar surface area (TPSA) is 55.1 Å². The fraction of sp³-hybridized carbons (Fsp3) is 0.583. The van der Waals surface area contributed by atoms with Crippen LogP contribution in [0.25, 0.3) is 0 Å². The van der Waals surface area contributed by atoms with Gasteiger partial charge in [-0.15, -0.1) is 11.3 Å². The van der Waals surface area contributed by atoms with E-state index in [0.29, 0.717) is 12.5 Å². The Morgan fingerprint density at radius 3 is 3.24 bits per heavy atom. The van der Waals surface area contributed by atoms with Crippen LogP contribution in [0.5, 0.6) is 0 Å². The largest absolute Gasteiger partial charge is 0.370 e. The Kier molecular flexibility index (Phi) is 4.59. The van der Waals surface area contributed by atoms with E-state index in [9.17, 15) is 4.79 Å². The highest BCUT2D eigenvalue weighted by molar-refractivity contribution is 9.11. The van der Waals surface area contributed by atoms with Crippen LogP contribution in [0.2, 0.25) is 0 Å². The van der Waals surface area contributed by atoms with E-state index in [1.54, 1.807) is 0 Å². The van der Waals surface area contributed by atoms with Crippen molar-refractivity contribution in [3.8, 4) is 0 Å². The van der Waals surface area contributed by atoms with E-state index in [1.807, 2.05) is 11.3 Å². The SMILES string of the molecule is NC(=O)CCCNC1CCCc2sc(Br)cc21. The third-order valence-corrected chi connectivity index (χ3v) is 4.79. The van der Waals surface area contributed by atoms with Gasteiger partial charge in [-0.05, 0) is 59.8 Å². The number of halogens is 1. The lowest BCUT2D eigenvalue weighted by Crippen LogP contribution is -2.26. The summed E-state index contributed by atoms with van der Waals surface area (Å²) in [5.41, 5.74) is 6.56. The van der Waals surface area contributed by atoms with Gasteiger partial charge in [0.2, 0.25) is 5.91 Å². The van der Waals surface area contributed by atoms with E-state index in [0.717, 1.165) is 13.0 Å². The Bertz CT molecular complexity index is 405. The maximum Gasteiger partial charge on any atom is 0.217 e. The van der Waals surface area contributed by atoms with E-state index in [1.165, 1.54) is 33.5 Å². The number of hydrogen-bond acceptors (Lipinski definition) is 3. The molecule has 0 aliphatic heterocycles. The molecule has 1 aromatic heterocycles. The van der Waals surface area contributed by atoms with Gasteiger partial charge < -0.3 is 11.1 Å². The minimum Gasteiger partial charge on any atom is -0.370 e. The van der Waals surface area contributed by atoms with Crippen LogP contribution < -0.4 is 11.1 Å². The molecule has 94 valence electrons. The van der Waals surface area contributed by atoms with Crippen LogP contribution in [-0.2, 0) is 11.2 Å². The predicted molar refractivity (Wildman–Crippen MR) is 74.1 cm³/mol. The zero-order chi connectivity index (χ0) is 12.3. The minimum absolute atomic E-state index is 0.214. The highest BCUT2D eigenvalue weighted by Crippen LogP contribution is 2.37. The van der Waals surface area contributed by atoms with Gasteiger partial charge >= 0.3 is 0 Å². The second-order valence-electron chi connectivity index (χ2n) is 4.40. The van der Waals surface area contributed by atoms with Gasteiger partial charge in [-0.1, -0.05) is 0 Å². The first-order chi connectivity index (χ1) is 8.16. The van der Waals surface area contributed by atoms with Crippen molar-refractivity contribution < 1.29 is 4.79 Å². The summed E-state index contributed by atoms with van der Waals surface area (Å²) in [5.74, 6) is -0.214. The molecule has 0 saturated heterocycles. The predicted octanol–water partition coefficient (Wildman–Crippen LogP) is 2.74. The molecule has 1 aromatic rings. The van der Waals surface area contributed by atoms with Crippen LogP contribution in [0.3, 0.4) is 0 Å². The molecule has 0 saturated carbocycles. The summed E-state index contributed by atoms with van der Waals surface area (Å²) >= 11 is 5.39. The number of rotatable bonds is 5. The summed E-state index contributed by atoms with van der Waals surface area (Å²) in [5, 5.41) is 3.52. The number of hydrogen-bond donors (Lipinski definition) is 2. The second-order valence-corrected chi connectivity index (χ2v) is 6.91. The van der Waals surface area contributed by atoms with E-state index < -0.39 is 0 Å². The first-order valence-corrected chi connectivity index (χ1v) is 7.57. The van der Waals surface area contributed by atoms with Crippen molar-refractivity contribution in [2.45, 2.75) is 38.1 Å². The van der Waals surface area contributed by atoms with Gasteiger partial charge in [0.1, 0.15) is 0 Å². The van der Waals surface area contributed by atoms with Crippen LogP contribution >= 0.6 is 27.3 Å². The van der Waals surface area contributed by atoms with Gasteiger partial charge in [-0.2, -0.15) is 0 Å². The summed E-state index contributed by atoms with van der Waals surface area (Å²) in [4.78, 5) is 12.1. The minimum atomic E-state index is -0.214. The zero-order valence-electron chi connectivity index (χ0n) is 9.67. The molecule has 1 heterocycles. The van der Waals surface area contributed by atoms with E-state index in [4.69, 9.17) is 5.73 Å². The van der Waals surface area contributed by atoms with Gasteiger partial charge in [-0.3, -0.25) is 4.79 Å². The molecule has 3 N–H and O–H groups in total. The van der Waals surface area contributed by atoms with Gasteiger partial charge in [0.15, 0.2) is 0 Å². The lowest BCUT2D eigenvalue weighted by molar-refractivity contribution is -0.118. The summed E-state index contributed by atoms with van der Waals surface area (Å²) < 4.78 is 1.22. The number of nitrogens with one attached hydrogen (secondary N) is 1. The third kappa shape index (κ3) is 3.53. The van der Waals surface area contributed by atoms with Crippen molar-refractivity contribution >= 4 is 33.2 Å². The normalized spacial score (nSPS) is 19.0. The van der Waals surface area contributed by atoms with E-state index in [-0.39, 0.29) is 5.91 Å². The Hall–Kier alpha value is -0.390. The van der Waals surface area contributed by atoms with Crippen molar-refractivity contribution in [3.05, 3.63) is 20.3 Å². The number of fused-ring (bicyclic) bond motifs is 1. The average Bonchev–Trinajstić information content (AvgIpc) is 2.65. The monoisotopic (exact) mass is 316 g/mol. The first-order valence-electron chi connectivity index (χ1n) is 5.96. The van der Waals surface area contributed by atoms with Gasteiger partial charge in [0, 0.05) is 17.3 Å². The molecule has 3 nitrogen and oxygen atoms in total. The van der Waals surface area contributed by atoms with E-state index in [2.05, 4.69) is 27.3 Å². The van der Waals surface area contributed by atoms with Crippen molar-refractivity contribution in [2.75, 3.05) is 6.54 Å². The molecule has 1 aliphatic carbocycles. The summed E-state index contributed by atoms with van der Waals surface area (Å²) in [6.45, 7) is 0.862. The van der Waals surface area contributed by atoms with Gasteiger partial charge in [0.25, 0.3) is 0 Å². The lowest BCUT2D eigenvalue weighted by Gasteiger charge is -2.23. The van der Waals surface area contributed by atoms with Crippen molar-refractivity contribution in [1.29, 1.82) is 0 Å². The maximum absolute atomic E-state index is 10.6. The molecule has 17 heavy (non-hydrogen) atoms. The molecule has 0 aromatic carbocycles. The van der Waals surface area contributed by atoms with Crippen LogP contribution in [-0.4, -0.2) is 12.5 Å². The van der Waals surface area contributed by atoms with Crippen molar-refractivity contribution in [3.63, 3.8) is 0 Å². The Morgan fingerprint density at radius 1 is 1.65 bits per heavy atom. The molecular weight excluding hydrogens is 300 g/mol. The molecule has 0 bridgehead atoms. The standard InChI is InChI=1S/C12H17BrN2OS/c13-11-7-8-9(3-1-4-10(8)17-11)15-6-2-5-12(14)16/h7,9,15H,1-6H2,(H2,14,16). The van der Waals surface area contributed by atoms with Crippen LogP contribution in [0.4, 0.5) is 0 Å². The van der Waals surface area contributed by atoms with Crippen molar-refractivity contribution in [1.82, 2.24) is 5.32 Å². The smallest absolute Gasteiger partial charge is 0.217 e.